The zero-order chi connectivity index (χ0) is 26.8. The molecule has 5 nitrogen and oxygen atoms in total. The molecule has 0 aliphatic heterocycles. The second-order valence-electron chi connectivity index (χ2n) is 10.4. The molecule has 0 fully saturated rings. The fraction of sp³-hybridized carbons (Fsp3) is 0.516. The molecular formula is C31H44N2O3S. The molecule has 3 N–H and O–H groups in total. The van der Waals surface area contributed by atoms with Crippen molar-refractivity contribution in [3.05, 3.63) is 47.5 Å². The third-order valence-corrected chi connectivity index (χ3v) is 8.34. The molecule has 3 aromatic rings. The Morgan fingerprint density at radius 2 is 1.54 bits per heavy atom. The van der Waals surface area contributed by atoms with Gasteiger partial charge in [-0.1, -0.05) is 38.5 Å². The number of hydrogen-bond donors (Lipinski definition) is 3. The van der Waals surface area contributed by atoms with Gasteiger partial charge in [-0.05, 0) is 93.3 Å². The number of aromatic nitrogens is 1. The van der Waals surface area contributed by atoms with Gasteiger partial charge in [0, 0.05) is 35.2 Å². The molecule has 3 rings (SSSR count). The largest absolute Gasteiger partial charge is 0.508 e. The van der Waals surface area contributed by atoms with E-state index >= 15 is 0 Å². The molecule has 0 atom stereocenters. The minimum Gasteiger partial charge on any atom is -0.508 e. The Morgan fingerprint density at radius 1 is 0.919 bits per heavy atom. The number of carbonyl (C=O) groups is 1. The second kappa shape index (κ2) is 14.4. The van der Waals surface area contributed by atoms with Crippen LogP contribution >= 0.6 is 11.8 Å². The number of benzene rings is 2. The molecule has 0 aliphatic rings. The zero-order valence-electron chi connectivity index (χ0n) is 23.0. The van der Waals surface area contributed by atoms with Crippen LogP contribution in [0.5, 0.6) is 11.5 Å². The summed E-state index contributed by atoms with van der Waals surface area (Å²) in [5.41, 5.74) is 5.29. The van der Waals surface area contributed by atoms with Crippen molar-refractivity contribution in [2.24, 2.45) is 0 Å². The molecule has 1 aromatic heterocycles. The van der Waals surface area contributed by atoms with Crippen LogP contribution in [0.15, 0.2) is 36.4 Å². The van der Waals surface area contributed by atoms with Crippen LogP contribution in [0.1, 0.15) is 76.3 Å². The van der Waals surface area contributed by atoms with E-state index in [1.165, 1.54) is 44.9 Å². The molecule has 0 spiro atoms. The van der Waals surface area contributed by atoms with Crippen molar-refractivity contribution in [3.8, 4) is 22.8 Å². The van der Waals surface area contributed by atoms with Gasteiger partial charge in [0.2, 0.25) is 5.91 Å². The van der Waals surface area contributed by atoms with E-state index in [4.69, 9.17) is 0 Å². The Balaban J connectivity index is 1.35. The number of thioether (sulfide) groups is 1. The summed E-state index contributed by atoms with van der Waals surface area (Å²) >= 11 is 1.76. The van der Waals surface area contributed by atoms with Gasteiger partial charge in [0.1, 0.15) is 11.5 Å². The molecule has 2 aromatic carbocycles. The van der Waals surface area contributed by atoms with Gasteiger partial charge in [0.25, 0.3) is 0 Å². The zero-order valence-corrected chi connectivity index (χ0v) is 23.8. The maximum absolute atomic E-state index is 12.0. The van der Waals surface area contributed by atoms with Crippen LogP contribution < -0.4 is 0 Å². The monoisotopic (exact) mass is 524 g/mol. The number of phenols is 2. The summed E-state index contributed by atoms with van der Waals surface area (Å²) in [5, 5.41) is 21.4. The van der Waals surface area contributed by atoms with Crippen molar-refractivity contribution in [3.63, 3.8) is 0 Å². The highest BCUT2D eigenvalue weighted by Crippen LogP contribution is 2.36. The van der Waals surface area contributed by atoms with Crippen LogP contribution in [0.2, 0.25) is 0 Å². The second-order valence-corrected chi connectivity index (χ2v) is 11.5. The Bertz CT molecular complexity index is 1140. The van der Waals surface area contributed by atoms with Gasteiger partial charge in [-0.25, -0.2) is 0 Å². The van der Waals surface area contributed by atoms with Crippen molar-refractivity contribution in [2.75, 3.05) is 18.6 Å². The number of aromatic hydroxyl groups is 2. The number of H-pyrrole nitrogens is 1. The lowest BCUT2D eigenvalue weighted by molar-refractivity contribution is -0.128. The molecule has 0 bridgehead atoms. The summed E-state index contributed by atoms with van der Waals surface area (Å²) < 4.78 is 0. The predicted molar refractivity (Wildman–Crippen MR) is 158 cm³/mol. The maximum atomic E-state index is 12.0. The van der Waals surface area contributed by atoms with E-state index in [1.54, 1.807) is 30.0 Å². The predicted octanol–water partition coefficient (Wildman–Crippen LogP) is 7.82. The summed E-state index contributed by atoms with van der Waals surface area (Å²) in [6, 6.07) is 11.3. The third kappa shape index (κ3) is 8.19. The minimum absolute atomic E-state index is 0.231. The van der Waals surface area contributed by atoms with Gasteiger partial charge in [-0.2, -0.15) is 11.8 Å². The normalized spacial score (nSPS) is 11.5. The molecular weight excluding hydrogens is 480 g/mol. The number of unbranched alkanes of at least 4 members (excludes halogenated alkanes) is 7. The highest BCUT2D eigenvalue weighted by Gasteiger charge is 2.16. The lowest BCUT2D eigenvalue weighted by Crippen LogP contribution is -2.34. The molecule has 37 heavy (non-hydrogen) atoms. The first-order valence-corrected chi connectivity index (χ1v) is 14.9. The first-order valence-electron chi connectivity index (χ1n) is 13.8. The van der Waals surface area contributed by atoms with Crippen molar-refractivity contribution in [1.29, 1.82) is 0 Å². The standard InChI is InChI=1S/C31H44N2O3S/c1-22(2)33(4)29(36)21-37-20-12-10-8-6-5-7-9-11-13-26-28(35)19-18-27-30(26)23(3)31(32-27)24-14-16-25(34)17-15-24/h14-19,22,32,34-35H,5-13,20-21H2,1-4H3. The molecule has 0 unspecified atom stereocenters. The van der Waals surface area contributed by atoms with Crippen LogP contribution in [-0.4, -0.2) is 50.6 Å². The van der Waals surface area contributed by atoms with E-state index in [2.05, 4.69) is 11.9 Å². The summed E-state index contributed by atoms with van der Waals surface area (Å²) in [6.07, 6.45) is 10.6. The van der Waals surface area contributed by atoms with Crippen molar-refractivity contribution >= 4 is 28.6 Å². The average Bonchev–Trinajstić information content (AvgIpc) is 3.21. The molecule has 1 heterocycles. The highest BCUT2D eigenvalue weighted by atomic mass is 32.2. The smallest absolute Gasteiger partial charge is 0.232 e. The van der Waals surface area contributed by atoms with E-state index in [0.29, 0.717) is 11.5 Å². The highest BCUT2D eigenvalue weighted by molar-refractivity contribution is 7.99. The fourth-order valence-corrected chi connectivity index (χ4v) is 5.74. The van der Waals surface area contributed by atoms with Crippen LogP contribution in [0, 0.1) is 6.92 Å². The summed E-state index contributed by atoms with van der Waals surface area (Å²) in [6.45, 7) is 6.20. The van der Waals surface area contributed by atoms with Crippen LogP contribution in [0.3, 0.4) is 0 Å². The lowest BCUT2D eigenvalue weighted by atomic mass is 9.97. The summed E-state index contributed by atoms with van der Waals surface area (Å²) in [4.78, 5) is 17.3. The first-order chi connectivity index (χ1) is 17.8. The number of nitrogens with one attached hydrogen (secondary N) is 1. The Morgan fingerprint density at radius 3 is 2.19 bits per heavy atom. The molecule has 1 amide bonds. The Kier molecular flexibility index (Phi) is 11.2. The molecule has 0 radical (unpaired) electrons. The molecule has 0 saturated heterocycles. The number of aryl methyl sites for hydroxylation is 2. The van der Waals surface area contributed by atoms with Gasteiger partial charge in [0.05, 0.1) is 5.75 Å². The summed E-state index contributed by atoms with van der Waals surface area (Å²) in [5.74, 6) is 2.53. The van der Waals surface area contributed by atoms with E-state index in [1.807, 2.05) is 44.0 Å². The van der Waals surface area contributed by atoms with Crippen LogP contribution in [-0.2, 0) is 11.2 Å². The van der Waals surface area contributed by atoms with E-state index < -0.39 is 0 Å². The van der Waals surface area contributed by atoms with Crippen LogP contribution in [0.25, 0.3) is 22.2 Å². The van der Waals surface area contributed by atoms with Crippen molar-refractivity contribution in [2.45, 2.75) is 84.6 Å². The minimum atomic E-state index is 0.231. The number of nitrogens with zero attached hydrogens (tertiary/aromatic N) is 1. The number of amides is 1. The number of rotatable bonds is 15. The molecule has 0 aliphatic carbocycles. The van der Waals surface area contributed by atoms with Gasteiger partial charge >= 0.3 is 0 Å². The van der Waals surface area contributed by atoms with E-state index in [0.717, 1.165) is 51.9 Å². The van der Waals surface area contributed by atoms with E-state index in [-0.39, 0.29) is 17.7 Å². The number of fused-ring (bicyclic) bond motifs is 1. The Hall–Kier alpha value is -2.60. The van der Waals surface area contributed by atoms with Crippen LogP contribution in [0.4, 0.5) is 0 Å². The topological polar surface area (TPSA) is 76.6 Å². The number of carbonyl (C=O) groups excluding carboxylic acids is 1. The maximum Gasteiger partial charge on any atom is 0.232 e. The van der Waals surface area contributed by atoms with Crippen molar-refractivity contribution in [1.82, 2.24) is 9.88 Å². The fourth-order valence-electron chi connectivity index (χ4n) is 4.81. The SMILES string of the molecule is Cc1c(-c2ccc(O)cc2)[nH]c2ccc(O)c(CCCCCCCCCCSCC(=O)N(C)C(C)C)c12. The van der Waals surface area contributed by atoms with Crippen molar-refractivity contribution < 1.29 is 15.0 Å². The van der Waals surface area contributed by atoms with Gasteiger partial charge in [-0.3, -0.25) is 4.79 Å². The quantitative estimate of drug-likeness (QED) is 0.177. The number of aromatic amines is 1. The van der Waals surface area contributed by atoms with Gasteiger partial charge in [-0.15, -0.1) is 0 Å². The number of phenolic OH excluding ortho intramolecular Hbond substituents is 2. The summed E-state index contributed by atoms with van der Waals surface area (Å²) in [7, 11) is 1.88. The number of hydrogen-bond acceptors (Lipinski definition) is 4. The van der Waals surface area contributed by atoms with Gasteiger partial charge < -0.3 is 20.1 Å². The average molecular weight is 525 g/mol. The van der Waals surface area contributed by atoms with E-state index in [9.17, 15) is 15.0 Å². The van der Waals surface area contributed by atoms with Gasteiger partial charge in [0.15, 0.2) is 0 Å². The lowest BCUT2D eigenvalue weighted by Gasteiger charge is -2.21. The third-order valence-electron chi connectivity index (χ3n) is 7.31. The first kappa shape index (κ1) is 29.0. The molecule has 0 saturated carbocycles. The molecule has 202 valence electrons. The molecule has 6 heteroatoms. The Labute approximate surface area is 226 Å².